The predicted molar refractivity (Wildman–Crippen MR) is 86.1 cm³/mol. The van der Waals surface area contributed by atoms with E-state index in [0.29, 0.717) is 19.9 Å². The maximum Gasteiger partial charge on any atom is 0.254 e. The van der Waals surface area contributed by atoms with Crippen LogP contribution in [-0.4, -0.2) is 28.7 Å². The molecule has 0 bridgehead atoms. The van der Waals surface area contributed by atoms with E-state index >= 15 is 0 Å². The van der Waals surface area contributed by atoms with Crippen LogP contribution >= 0.6 is 38.5 Å². The fourth-order valence-corrected chi connectivity index (χ4v) is 3.63. The fourth-order valence-electron chi connectivity index (χ4n) is 2.40. The van der Waals surface area contributed by atoms with Gasteiger partial charge in [0.15, 0.2) is 0 Å². The number of benzene rings is 1. The molecule has 1 aromatic rings. The van der Waals surface area contributed by atoms with Gasteiger partial charge in [-0.05, 0) is 59.5 Å². The summed E-state index contributed by atoms with van der Waals surface area (Å²) in [6, 6.07) is 4.34. The number of nitrogens with zero attached hydrogens (tertiary/aromatic N) is 1. The largest absolute Gasteiger partial charge is 0.339 e. The minimum Gasteiger partial charge on any atom is -0.339 e. The highest BCUT2D eigenvalue weighted by atomic mass is 127. The van der Waals surface area contributed by atoms with Crippen LogP contribution < -0.4 is 0 Å². The fraction of sp³-hybridized carbons (Fsp3) is 0.500. The van der Waals surface area contributed by atoms with Crippen LogP contribution in [0.5, 0.6) is 0 Å². The van der Waals surface area contributed by atoms with Gasteiger partial charge in [0.05, 0.1) is 5.56 Å². The molecule has 1 aliphatic heterocycles. The van der Waals surface area contributed by atoms with Gasteiger partial charge < -0.3 is 4.90 Å². The molecule has 5 heteroatoms. The van der Waals surface area contributed by atoms with Gasteiger partial charge >= 0.3 is 0 Å². The molecule has 0 aromatic heterocycles. The topological polar surface area (TPSA) is 20.3 Å². The molecular formula is C14H16BrFINO. The first kappa shape index (κ1) is 15.2. The Hall–Kier alpha value is -0.170. The van der Waals surface area contributed by atoms with Crippen LogP contribution in [0.3, 0.4) is 0 Å². The summed E-state index contributed by atoms with van der Waals surface area (Å²) in [5, 5.41) is 0. The summed E-state index contributed by atoms with van der Waals surface area (Å²) >= 11 is 5.63. The Labute approximate surface area is 135 Å². The molecule has 0 aliphatic carbocycles. The Bertz CT molecular complexity index is 473. The van der Waals surface area contributed by atoms with Gasteiger partial charge in [0.25, 0.3) is 5.91 Å². The van der Waals surface area contributed by atoms with Crippen LogP contribution in [0, 0.1) is 15.3 Å². The number of likely N-dealkylation sites (tertiary alicyclic amines) is 1. The van der Waals surface area contributed by atoms with Crippen molar-refractivity contribution in [1.82, 2.24) is 4.90 Å². The summed E-state index contributed by atoms with van der Waals surface area (Å²) in [6.07, 6.45) is 2.05. The number of carbonyl (C=O) groups is 1. The standard InChI is InChI=1S/C14H16BrFINO/c1-9(15)10-4-6-18(7-5-10)14(19)12-3-2-11(16)8-13(12)17/h2-3,8-10H,4-7H2,1H3. The smallest absolute Gasteiger partial charge is 0.254 e. The van der Waals surface area contributed by atoms with E-state index in [-0.39, 0.29) is 11.7 Å². The highest BCUT2D eigenvalue weighted by molar-refractivity contribution is 14.1. The molecule has 0 N–H and O–H groups in total. The van der Waals surface area contributed by atoms with Crippen molar-refractivity contribution < 1.29 is 9.18 Å². The van der Waals surface area contributed by atoms with Gasteiger partial charge in [-0.3, -0.25) is 4.79 Å². The molecule has 19 heavy (non-hydrogen) atoms. The molecule has 0 spiro atoms. The molecule has 1 atom stereocenters. The molecule has 0 radical (unpaired) electrons. The normalized spacial score (nSPS) is 18.4. The van der Waals surface area contributed by atoms with E-state index in [2.05, 4.69) is 22.9 Å². The molecular weight excluding hydrogens is 424 g/mol. The first-order valence-corrected chi connectivity index (χ1v) is 8.37. The lowest BCUT2D eigenvalue weighted by Crippen LogP contribution is -2.40. The number of hydrogen-bond donors (Lipinski definition) is 0. The second kappa shape index (κ2) is 6.52. The lowest BCUT2D eigenvalue weighted by Gasteiger charge is -2.33. The zero-order valence-corrected chi connectivity index (χ0v) is 14.4. The number of amides is 1. The molecule has 1 aromatic carbocycles. The Kier molecular flexibility index (Phi) is 5.22. The van der Waals surface area contributed by atoms with Crippen LogP contribution in [-0.2, 0) is 0 Å². The third kappa shape index (κ3) is 3.68. The van der Waals surface area contributed by atoms with E-state index in [1.807, 2.05) is 27.5 Å². The quantitative estimate of drug-likeness (QED) is 0.502. The molecule has 1 amide bonds. The maximum atomic E-state index is 13.1. The molecule has 1 heterocycles. The first-order valence-electron chi connectivity index (χ1n) is 6.37. The number of alkyl halides is 1. The van der Waals surface area contributed by atoms with Crippen molar-refractivity contribution >= 4 is 44.4 Å². The summed E-state index contributed by atoms with van der Waals surface area (Å²) in [5.41, 5.74) is 0.604. The summed E-state index contributed by atoms with van der Waals surface area (Å²) in [6.45, 7) is 3.73. The van der Waals surface area contributed by atoms with E-state index < -0.39 is 0 Å². The van der Waals surface area contributed by atoms with Gasteiger partial charge in [0.1, 0.15) is 5.82 Å². The van der Waals surface area contributed by atoms with Crippen LogP contribution in [0.25, 0.3) is 0 Å². The monoisotopic (exact) mass is 439 g/mol. The third-order valence-electron chi connectivity index (χ3n) is 3.64. The molecule has 0 saturated carbocycles. The third-order valence-corrected chi connectivity index (χ3v) is 5.28. The summed E-state index contributed by atoms with van der Waals surface area (Å²) in [4.78, 5) is 14.8. The van der Waals surface area contributed by atoms with Crippen LogP contribution in [0.15, 0.2) is 18.2 Å². The minimum absolute atomic E-state index is 0.0186. The molecule has 104 valence electrons. The highest BCUT2D eigenvalue weighted by Gasteiger charge is 2.26. The van der Waals surface area contributed by atoms with Crippen molar-refractivity contribution in [2.24, 2.45) is 5.92 Å². The average Bonchev–Trinajstić information content (AvgIpc) is 2.38. The van der Waals surface area contributed by atoms with Gasteiger partial charge in [-0.1, -0.05) is 22.9 Å². The van der Waals surface area contributed by atoms with Gasteiger partial charge in [-0.25, -0.2) is 4.39 Å². The Morgan fingerprint density at radius 2 is 2.11 bits per heavy atom. The molecule has 2 nitrogen and oxygen atoms in total. The summed E-state index contributed by atoms with van der Waals surface area (Å²) in [5.74, 6) is 0.356. The molecule has 1 aliphatic rings. The molecule has 1 unspecified atom stereocenters. The van der Waals surface area contributed by atoms with E-state index in [9.17, 15) is 9.18 Å². The molecule has 1 fully saturated rings. The minimum atomic E-state index is -0.298. The van der Waals surface area contributed by atoms with Crippen LogP contribution in [0.4, 0.5) is 4.39 Å². The van der Waals surface area contributed by atoms with Crippen molar-refractivity contribution in [3.8, 4) is 0 Å². The molecule has 1 saturated heterocycles. The van der Waals surface area contributed by atoms with E-state index in [4.69, 9.17) is 0 Å². The number of rotatable bonds is 2. The van der Waals surface area contributed by atoms with Crippen molar-refractivity contribution in [1.29, 1.82) is 0 Å². The number of carbonyl (C=O) groups excluding carboxylic acids is 1. The average molecular weight is 440 g/mol. The van der Waals surface area contributed by atoms with Gasteiger partial charge in [0.2, 0.25) is 0 Å². The summed E-state index contributed by atoms with van der Waals surface area (Å²) < 4.78 is 13.7. The zero-order chi connectivity index (χ0) is 14.0. The Morgan fingerprint density at radius 3 is 2.63 bits per heavy atom. The van der Waals surface area contributed by atoms with Gasteiger partial charge in [0, 0.05) is 21.5 Å². The SMILES string of the molecule is CC(Br)C1CCN(C(=O)c2ccc(F)cc2I)CC1. The van der Waals surface area contributed by atoms with Crippen LogP contribution in [0.1, 0.15) is 30.1 Å². The first-order chi connectivity index (χ1) is 8.99. The lowest BCUT2D eigenvalue weighted by atomic mass is 9.94. The Balaban J connectivity index is 2.05. The number of halogens is 3. The van der Waals surface area contributed by atoms with E-state index in [0.717, 1.165) is 25.9 Å². The zero-order valence-electron chi connectivity index (χ0n) is 10.7. The lowest BCUT2D eigenvalue weighted by molar-refractivity contribution is 0.0690. The predicted octanol–water partition coefficient (Wildman–Crippen LogP) is 4.07. The van der Waals surface area contributed by atoms with Crippen molar-refractivity contribution in [2.75, 3.05) is 13.1 Å². The molecule has 2 rings (SSSR count). The van der Waals surface area contributed by atoms with E-state index in [1.54, 1.807) is 6.07 Å². The van der Waals surface area contributed by atoms with Gasteiger partial charge in [-0.2, -0.15) is 0 Å². The van der Waals surface area contributed by atoms with Crippen molar-refractivity contribution in [2.45, 2.75) is 24.6 Å². The van der Waals surface area contributed by atoms with Gasteiger partial charge in [-0.15, -0.1) is 0 Å². The highest BCUT2D eigenvalue weighted by Crippen LogP contribution is 2.26. The Morgan fingerprint density at radius 1 is 1.47 bits per heavy atom. The number of hydrogen-bond acceptors (Lipinski definition) is 1. The van der Waals surface area contributed by atoms with E-state index in [1.165, 1.54) is 12.1 Å². The second-order valence-corrected chi connectivity index (χ2v) is 7.54. The second-order valence-electron chi connectivity index (χ2n) is 4.93. The van der Waals surface area contributed by atoms with Crippen LogP contribution in [0.2, 0.25) is 0 Å². The maximum absolute atomic E-state index is 13.1. The van der Waals surface area contributed by atoms with Crippen molar-refractivity contribution in [3.63, 3.8) is 0 Å². The van der Waals surface area contributed by atoms with Crippen molar-refractivity contribution in [3.05, 3.63) is 33.1 Å². The summed E-state index contributed by atoms with van der Waals surface area (Å²) in [7, 11) is 0. The number of piperidine rings is 1.